The molecular formula is C28H24N4O3. The fourth-order valence-electron chi connectivity index (χ4n) is 6.58. The zero-order valence-corrected chi connectivity index (χ0v) is 19.2. The van der Waals surface area contributed by atoms with Gasteiger partial charge in [0.1, 0.15) is 0 Å². The Morgan fingerprint density at radius 3 is 2.57 bits per heavy atom. The molecule has 0 radical (unpaired) electrons. The van der Waals surface area contributed by atoms with Gasteiger partial charge in [-0.2, -0.15) is 0 Å². The van der Waals surface area contributed by atoms with Gasteiger partial charge in [-0.25, -0.2) is 0 Å². The molecule has 0 unspecified atom stereocenters. The van der Waals surface area contributed by atoms with Gasteiger partial charge in [0.2, 0.25) is 0 Å². The number of morpholine rings is 1. The Bertz CT molecular complexity index is 1750. The minimum atomic E-state index is -0.304. The number of ether oxygens (including phenoxy) is 1. The van der Waals surface area contributed by atoms with Crippen LogP contribution >= 0.6 is 0 Å². The first-order valence-electron chi connectivity index (χ1n) is 12.4. The normalized spacial score (nSPS) is 18.3. The number of carbonyl (C=O) groups excluding carboxylic acids is 2. The van der Waals surface area contributed by atoms with Crippen molar-refractivity contribution in [3.63, 3.8) is 0 Å². The highest BCUT2D eigenvalue weighted by molar-refractivity contribution is 6.39. The highest BCUT2D eigenvalue weighted by Gasteiger charge is 2.36. The highest BCUT2D eigenvalue weighted by atomic mass is 16.5. The van der Waals surface area contributed by atoms with Gasteiger partial charge in [-0.1, -0.05) is 30.3 Å². The summed E-state index contributed by atoms with van der Waals surface area (Å²) in [4.78, 5) is 32.4. The number of aromatic amines is 1. The highest BCUT2D eigenvalue weighted by Crippen LogP contribution is 2.45. The van der Waals surface area contributed by atoms with Crippen molar-refractivity contribution in [1.29, 1.82) is 0 Å². The molecule has 0 saturated carbocycles. The number of H-pyrrole nitrogens is 1. The first-order valence-corrected chi connectivity index (χ1v) is 12.4. The molecule has 7 heteroatoms. The molecule has 0 bridgehead atoms. The number of carbonyl (C=O) groups is 2. The van der Waals surface area contributed by atoms with E-state index in [4.69, 9.17) is 4.74 Å². The zero-order valence-electron chi connectivity index (χ0n) is 19.2. The fraction of sp³-hybridized carbons (Fsp3) is 0.286. The summed E-state index contributed by atoms with van der Waals surface area (Å²) >= 11 is 0. The molecule has 3 aliphatic rings. The number of fused-ring (bicyclic) bond motifs is 10. The summed E-state index contributed by atoms with van der Waals surface area (Å²) in [6, 6.07) is 12.8. The first-order chi connectivity index (χ1) is 17.2. The number of hydrogen-bond donors (Lipinski definition) is 2. The van der Waals surface area contributed by atoms with E-state index in [9.17, 15) is 9.59 Å². The van der Waals surface area contributed by atoms with Crippen molar-refractivity contribution in [2.75, 3.05) is 26.3 Å². The van der Waals surface area contributed by atoms with Crippen molar-refractivity contribution >= 4 is 55.4 Å². The summed E-state index contributed by atoms with van der Waals surface area (Å²) in [7, 11) is 0. The largest absolute Gasteiger partial charge is 0.379 e. The predicted octanol–water partition coefficient (Wildman–Crippen LogP) is 4.09. The van der Waals surface area contributed by atoms with Gasteiger partial charge in [0.05, 0.1) is 40.9 Å². The Hall–Kier alpha value is -3.68. The number of amides is 2. The van der Waals surface area contributed by atoms with Crippen molar-refractivity contribution in [3.05, 3.63) is 58.7 Å². The van der Waals surface area contributed by atoms with E-state index >= 15 is 0 Å². The van der Waals surface area contributed by atoms with Gasteiger partial charge in [-0.15, -0.1) is 0 Å². The number of aromatic nitrogens is 2. The summed E-state index contributed by atoms with van der Waals surface area (Å²) in [5, 5.41) is 6.39. The second-order valence-electron chi connectivity index (χ2n) is 9.97. The van der Waals surface area contributed by atoms with E-state index in [-0.39, 0.29) is 11.8 Å². The molecule has 2 amide bonds. The number of nitrogens with one attached hydrogen (secondary N) is 2. The standard InChI is InChI=1S/C28H24N4O3/c33-27-22-20-17-7-6-15(14-31-9-11-35-12-10-31)13-19(17)29-24(20)26-21(23(22)28(34)30-27)18-5-1-3-16-4-2-8-32(26)25(16)18/h1,3,5-7,13,29H,2,4,8-12,14H2,(H,30,33,34). The minimum absolute atomic E-state index is 0.293. The molecule has 5 aromatic rings. The molecule has 5 heterocycles. The molecular weight excluding hydrogens is 440 g/mol. The maximum absolute atomic E-state index is 13.1. The van der Waals surface area contributed by atoms with Crippen LogP contribution in [0.5, 0.6) is 0 Å². The van der Waals surface area contributed by atoms with Crippen LogP contribution in [0.1, 0.15) is 38.3 Å². The predicted molar refractivity (Wildman–Crippen MR) is 135 cm³/mol. The smallest absolute Gasteiger partial charge is 0.259 e. The third-order valence-electron chi connectivity index (χ3n) is 8.03. The molecule has 2 N–H and O–H groups in total. The van der Waals surface area contributed by atoms with E-state index < -0.39 is 0 Å². The van der Waals surface area contributed by atoms with Crippen LogP contribution in [0.3, 0.4) is 0 Å². The Morgan fingerprint density at radius 2 is 1.71 bits per heavy atom. The van der Waals surface area contributed by atoms with Crippen LogP contribution in [-0.4, -0.2) is 52.6 Å². The molecule has 7 nitrogen and oxygen atoms in total. The van der Waals surface area contributed by atoms with Crippen LogP contribution in [0.25, 0.3) is 43.6 Å². The third-order valence-corrected chi connectivity index (χ3v) is 8.03. The van der Waals surface area contributed by atoms with Gasteiger partial charge in [0.15, 0.2) is 0 Å². The van der Waals surface area contributed by atoms with Crippen LogP contribution in [-0.2, 0) is 24.2 Å². The topological polar surface area (TPSA) is 79.4 Å². The molecule has 0 atom stereocenters. The molecule has 2 aromatic heterocycles. The number of rotatable bonds is 2. The van der Waals surface area contributed by atoms with Crippen LogP contribution in [0.15, 0.2) is 36.4 Å². The van der Waals surface area contributed by atoms with Gasteiger partial charge in [0, 0.05) is 53.2 Å². The molecule has 0 aliphatic carbocycles. The molecule has 3 aliphatic heterocycles. The van der Waals surface area contributed by atoms with Crippen molar-refractivity contribution < 1.29 is 14.3 Å². The second kappa shape index (κ2) is 6.93. The molecule has 1 saturated heterocycles. The molecule has 174 valence electrons. The van der Waals surface area contributed by atoms with E-state index in [1.165, 1.54) is 16.6 Å². The molecule has 0 spiro atoms. The number of para-hydroxylation sites is 1. The van der Waals surface area contributed by atoms with Crippen LogP contribution in [0.2, 0.25) is 0 Å². The Balaban J connectivity index is 1.48. The molecule has 1 fully saturated rings. The molecule has 35 heavy (non-hydrogen) atoms. The summed E-state index contributed by atoms with van der Waals surface area (Å²) in [5.41, 5.74) is 7.75. The Labute approximate surface area is 200 Å². The van der Waals surface area contributed by atoms with E-state index in [0.717, 1.165) is 90.3 Å². The number of nitrogens with zero attached hydrogens (tertiary/aromatic N) is 2. The van der Waals surface area contributed by atoms with Crippen molar-refractivity contribution in [3.8, 4) is 0 Å². The average Bonchev–Trinajstić information content (AvgIpc) is 3.50. The summed E-state index contributed by atoms with van der Waals surface area (Å²) in [5.74, 6) is -0.596. The SMILES string of the molecule is O=C1NC(=O)c2c1c1c3ccc(CN4CCOCC4)cc3[nH]c1c1c2c2cccc3c2n1CCC3. The summed E-state index contributed by atoms with van der Waals surface area (Å²) in [6.45, 7) is 5.18. The van der Waals surface area contributed by atoms with Crippen LogP contribution in [0.4, 0.5) is 0 Å². The van der Waals surface area contributed by atoms with E-state index in [2.05, 4.69) is 56.2 Å². The van der Waals surface area contributed by atoms with E-state index in [0.29, 0.717) is 11.1 Å². The fourth-order valence-corrected chi connectivity index (χ4v) is 6.58. The van der Waals surface area contributed by atoms with Crippen molar-refractivity contribution in [2.45, 2.75) is 25.9 Å². The van der Waals surface area contributed by atoms with E-state index in [1.54, 1.807) is 0 Å². The van der Waals surface area contributed by atoms with Crippen LogP contribution in [0, 0.1) is 0 Å². The van der Waals surface area contributed by atoms with Gasteiger partial charge >= 0.3 is 0 Å². The van der Waals surface area contributed by atoms with Gasteiger partial charge < -0.3 is 14.3 Å². The first kappa shape index (κ1) is 19.6. The number of benzene rings is 3. The third kappa shape index (κ3) is 2.57. The summed E-state index contributed by atoms with van der Waals surface area (Å²) in [6.07, 6.45) is 2.09. The number of hydrogen-bond acceptors (Lipinski definition) is 4. The summed E-state index contributed by atoms with van der Waals surface area (Å²) < 4.78 is 7.86. The minimum Gasteiger partial charge on any atom is -0.379 e. The van der Waals surface area contributed by atoms with Crippen molar-refractivity contribution in [1.82, 2.24) is 19.8 Å². The Kier molecular flexibility index (Phi) is 3.88. The van der Waals surface area contributed by atoms with Crippen molar-refractivity contribution in [2.24, 2.45) is 0 Å². The zero-order chi connectivity index (χ0) is 23.3. The second-order valence-corrected chi connectivity index (χ2v) is 9.97. The average molecular weight is 465 g/mol. The molecule has 3 aromatic carbocycles. The number of imide groups is 1. The van der Waals surface area contributed by atoms with Crippen LogP contribution < -0.4 is 5.32 Å². The number of aryl methyl sites for hydroxylation is 2. The maximum atomic E-state index is 13.1. The monoisotopic (exact) mass is 464 g/mol. The maximum Gasteiger partial charge on any atom is 0.259 e. The van der Waals surface area contributed by atoms with Gasteiger partial charge in [-0.3, -0.25) is 19.8 Å². The lowest BCUT2D eigenvalue weighted by atomic mass is 9.96. The lowest BCUT2D eigenvalue weighted by Gasteiger charge is -2.26. The quantitative estimate of drug-likeness (QED) is 0.386. The Morgan fingerprint density at radius 1 is 0.886 bits per heavy atom. The lowest BCUT2D eigenvalue weighted by molar-refractivity contribution is 0.0342. The lowest BCUT2D eigenvalue weighted by Crippen LogP contribution is -2.35. The van der Waals surface area contributed by atoms with E-state index in [1.807, 2.05) is 0 Å². The van der Waals surface area contributed by atoms with Gasteiger partial charge in [0.25, 0.3) is 11.8 Å². The molecule has 8 rings (SSSR count). The van der Waals surface area contributed by atoms with Gasteiger partial charge in [-0.05, 0) is 30.0 Å².